The number of ether oxygens (including phenoxy) is 4. The predicted molar refractivity (Wildman–Crippen MR) is 131 cm³/mol. The monoisotopic (exact) mass is 524 g/mol. The molecule has 0 spiro atoms. The molecular formula is C26H36O11. The van der Waals surface area contributed by atoms with Gasteiger partial charge in [0, 0.05) is 13.2 Å². The van der Waals surface area contributed by atoms with Crippen LogP contribution in [0.5, 0.6) is 23.0 Å². The van der Waals surface area contributed by atoms with Crippen LogP contribution in [0.25, 0.3) is 0 Å². The van der Waals surface area contributed by atoms with E-state index in [1.54, 1.807) is 30.3 Å². The lowest BCUT2D eigenvalue weighted by Gasteiger charge is -2.39. The van der Waals surface area contributed by atoms with E-state index >= 15 is 0 Å². The Balaban J connectivity index is 1.73. The van der Waals surface area contributed by atoms with Crippen molar-refractivity contribution in [3.63, 3.8) is 0 Å². The van der Waals surface area contributed by atoms with Crippen LogP contribution in [-0.2, 0) is 17.6 Å². The minimum atomic E-state index is -1.57. The Labute approximate surface area is 215 Å². The number of benzene rings is 2. The topological polar surface area (TPSA) is 179 Å². The van der Waals surface area contributed by atoms with Gasteiger partial charge in [0.2, 0.25) is 6.29 Å². The van der Waals surface area contributed by atoms with Gasteiger partial charge in [0.15, 0.2) is 23.0 Å². The third kappa shape index (κ3) is 6.82. The van der Waals surface area contributed by atoms with E-state index in [2.05, 4.69) is 0 Å². The normalized spacial score (nSPS) is 25.4. The number of phenols is 1. The maximum atomic E-state index is 10.3. The third-order valence-electron chi connectivity index (χ3n) is 6.70. The van der Waals surface area contributed by atoms with Crippen molar-refractivity contribution in [1.82, 2.24) is 0 Å². The molecule has 37 heavy (non-hydrogen) atoms. The number of aromatic hydroxyl groups is 1. The van der Waals surface area contributed by atoms with E-state index < -0.39 is 37.3 Å². The third-order valence-corrected chi connectivity index (χ3v) is 6.70. The molecule has 0 unspecified atom stereocenters. The first-order chi connectivity index (χ1) is 17.8. The summed E-state index contributed by atoms with van der Waals surface area (Å²) in [5.41, 5.74) is 1.63. The van der Waals surface area contributed by atoms with Crippen LogP contribution in [0.1, 0.15) is 11.1 Å². The quantitative estimate of drug-likeness (QED) is 0.192. The Bertz CT molecular complexity index is 998. The smallest absolute Gasteiger partial charge is 0.229 e. The summed E-state index contributed by atoms with van der Waals surface area (Å²) in [6, 6.07) is 9.98. The van der Waals surface area contributed by atoms with Crippen molar-refractivity contribution in [2.45, 2.75) is 43.5 Å². The summed E-state index contributed by atoms with van der Waals surface area (Å²) in [4.78, 5) is 0. The number of aliphatic hydroxyl groups is 6. The Morgan fingerprint density at radius 3 is 1.86 bits per heavy atom. The molecule has 0 aromatic heterocycles. The number of phenolic OH excluding ortho intramolecular Hbond substituents is 1. The molecule has 1 fully saturated rings. The van der Waals surface area contributed by atoms with Crippen LogP contribution in [0.4, 0.5) is 0 Å². The first kappa shape index (κ1) is 28.9. The van der Waals surface area contributed by atoms with Gasteiger partial charge in [-0.1, -0.05) is 12.1 Å². The zero-order valence-electron chi connectivity index (χ0n) is 20.8. The lowest BCUT2D eigenvalue weighted by Crippen LogP contribution is -2.60. The number of methoxy groups -OCH3 is 2. The molecule has 1 heterocycles. The maximum absolute atomic E-state index is 10.3. The molecule has 0 radical (unpaired) electrons. The fourth-order valence-electron chi connectivity index (χ4n) is 4.44. The van der Waals surface area contributed by atoms with Gasteiger partial charge in [-0.05, 0) is 60.1 Å². The summed E-state index contributed by atoms with van der Waals surface area (Å²) in [5, 5.41) is 69.6. The fraction of sp³-hybridized carbons (Fsp3) is 0.538. The molecule has 0 amide bonds. The summed E-state index contributed by atoms with van der Waals surface area (Å²) < 4.78 is 21.7. The van der Waals surface area contributed by atoms with Crippen molar-refractivity contribution in [3.8, 4) is 23.0 Å². The van der Waals surface area contributed by atoms with Gasteiger partial charge in [-0.3, -0.25) is 0 Å². The summed E-state index contributed by atoms with van der Waals surface area (Å²) in [7, 11) is 2.88. The second-order valence-electron chi connectivity index (χ2n) is 9.10. The lowest BCUT2D eigenvalue weighted by atomic mass is 9.83. The second kappa shape index (κ2) is 13.2. The standard InChI is InChI=1S/C26H36O11/c1-34-20-9-14(3-5-18(20)30)7-16(11-27)17(12-28)8-15-4-6-19(21(10-15)35-2)36-26-25(33)24(32)23(31)22(13-29)37-26/h3-6,9-10,16-17,22-33H,7-8,11-13H2,1-2H3/t16-,17+,22+,23+,24-,25+,26+/m0/s1. The van der Waals surface area contributed by atoms with Crippen LogP contribution in [-0.4, -0.2) is 100 Å². The zero-order chi connectivity index (χ0) is 27.1. The van der Waals surface area contributed by atoms with Crippen molar-refractivity contribution in [2.75, 3.05) is 34.0 Å². The van der Waals surface area contributed by atoms with Crippen LogP contribution in [0.15, 0.2) is 36.4 Å². The van der Waals surface area contributed by atoms with E-state index in [4.69, 9.17) is 18.9 Å². The SMILES string of the molecule is COc1cc(C[C@@H](CO)[C@@H](CO)Cc2ccc(O[C@@H]3O[C@H](CO)[C@@H](O)[C@H](O)[C@H]3O)c(OC)c2)ccc1O. The Morgan fingerprint density at radius 2 is 1.32 bits per heavy atom. The molecule has 2 aromatic carbocycles. The molecule has 7 atom stereocenters. The predicted octanol–water partition coefficient (Wildman–Crippen LogP) is -0.410. The van der Waals surface area contributed by atoms with Crippen molar-refractivity contribution in [2.24, 2.45) is 11.8 Å². The number of aliphatic hydroxyl groups excluding tert-OH is 6. The Kier molecular flexibility index (Phi) is 10.4. The molecule has 0 aliphatic carbocycles. The van der Waals surface area contributed by atoms with Gasteiger partial charge < -0.3 is 54.7 Å². The van der Waals surface area contributed by atoms with Gasteiger partial charge in [0.05, 0.1) is 20.8 Å². The minimum Gasteiger partial charge on any atom is -0.504 e. The molecule has 3 rings (SSSR count). The minimum absolute atomic E-state index is 0.0172. The molecule has 1 saturated heterocycles. The summed E-state index contributed by atoms with van der Waals surface area (Å²) >= 11 is 0. The highest BCUT2D eigenvalue weighted by Crippen LogP contribution is 2.34. The first-order valence-electron chi connectivity index (χ1n) is 12.0. The van der Waals surface area contributed by atoms with Crippen LogP contribution in [0.2, 0.25) is 0 Å². The molecule has 1 aliphatic heterocycles. The van der Waals surface area contributed by atoms with E-state index in [1.807, 2.05) is 0 Å². The second-order valence-corrected chi connectivity index (χ2v) is 9.10. The highest BCUT2D eigenvalue weighted by Gasteiger charge is 2.45. The summed E-state index contributed by atoms with van der Waals surface area (Å²) in [6.07, 6.45) is -6.24. The van der Waals surface area contributed by atoms with Crippen molar-refractivity contribution >= 4 is 0 Å². The van der Waals surface area contributed by atoms with Crippen LogP contribution in [0, 0.1) is 11.8 Å². The van der Waals surface area contributed by atoms with E-state index in [1.165, 1.54) is 20.3 Å². The number of hydrogen-bond donors (Lipinski definition) is 7. The van der Waals surface area contributed by atoms with E-state index in [0.717, 1.165) is 11.1 Å². The van der Waals surface area contributed by atoms with Gasteiger partial charge >= 0.3 is 0 Å². The molecule has 0 saturated carbocycles. The number of rotatable bonds is 12. The maximum Gasteiger partial charge on any atom is 0.229 e. The molecule has 206 valence electrons. The molecule has 0 bridgehead atoms. The van der Waals surface area contributed by atoms with Gasteiger partial charge in [0.1, 0.15) is 24.4 Å². The van der Waals surface area contributed by atoms with Gasteiger partial charge in [0.25, 0.3) is 0 Å². The Hall–Kier alpha value is -2.64. The highest BCUT2D eigenvalue weighted by atomic mass is 16.7. The van der Waals surface area contributed by atoms with Crippen LogP contribution in [0.3, 0.4) is 0 Å². The average molecular weight is 525 g/mol. The largest absolute Gasteiger partial charge is 0.504 e. The van der Waals surface area contributed by atoms with Gasteiger partial charge in [-0.25, -0.2) is 0 Å². The molecule has 11 heteroatoms. The molecular weight excluding hydrogens is 488 g/mol. The molecule has 2 aromatic rings. The van der Waals surface area contributed by atoms with Crippen LogP contribution >= 0.6 is 0 Å². The number of hydrogen-bond acceptors (Lipinski definition) is 11. The molecule has 7 N–H and O–H groups in total. The van der Waals surface area contributed by atoms with E-state index in [9.17, 15) is 35.7 Å². The highest BCUT2D eigenvalue weighted by molar-refractivity contribution is 5.44. The average Bonchev–Trinajstić information content (AvgIpc) is 2.92. The van der Waals surface area contributed by atoms with Crippen molar-refractivity contribution < 1.29 is 54.7 Å². The fourth-order valence-corrected chi connectivity index (χ4v) is 4.44. The van der Waals surface area contributed by atoms with Gasteiger partial charge in [-0.15, -0.1) is 0 Å². The van der Waals surface area contributed by atoms with E-state index in [0.29, 0.717) is 24.3 Å². The van der Waals surface area contributed by atoms with Crippen LogP contribution < -0.4 is 14.2 Å². The molecule has 1 aliphatic rings. The molecule has 11 nitrogen and oxygen atoms in total. The van der Waals surface area contributed by atoms with Gasteiger partial charge in [-0.2, -0.15) is 0 Å². The summed E-state index contributed by atoms with van der Waals surface area (Å²) in [6.45, 7) is -0.915. The zero-order valence-corrected chi connectivity index (χ0v) is 20.8. The van der Waals surface area contributed by atoms with Crippen molar-refractivity contribution in [3.05, 3.63) is 47.5 Å². The Morgan fingerprint density at radius 1 is 0.757 bits per heavy atom. The van der Waals surface area contributed by atoms with E-state index in [-0.39, 0.29) is 36.5 Å². The lowest BCUT2D eigenvalue weighted by molar-refractivity contribution is -0.277. The first-order valence-corrected chi connectivity index (χ1v) is 12.0. The summed E-state index contributed by atoms with van der Waals surface area (Å²) in [5.74, 6) is 0.265. The van der Waals surface area contributed by atoms with Crippen molar-refractivity contribution in [1.29, 1.82) is 0 Å².